The lowest BCUT2D eigenvalue weighted by Gasteiger charge is -2.23. The van der Waals surface area contributed by atoms with Gasteiger partial charge in [0.15, 0.2) is 6.04 Å². The molecule has 2 aromatic carbocycles. The van der Waals surface area contributed by atoms with Crippen LogP contribution in [0.5, 0.6) is 0 Å². The second-order valence-corrected chi connectivity index (χ2v) is 6.64. The van der Waals surface area contributed by atoms with E-state index < -0.39 is 12.1 Å². The van der Waals surface area contributed by atoms with Crippen LogP contribution in [-0.2, 0) is 4.79 Å². The van der Waals surface area contributed by atoms with Crippen molar-refractivity contribution in [1.29, 1.82) is 0 Å². The molecule has 1 aliphatic rings. The van der Waals surface area contributed by atoms with Crippen LogP contribution in [-0.4, -0.2) is 35.9 Å². The minimum atomic E-state index is -0.827. The number of fused-ring (bicyclic) bond motifs is 1. The standard InChI is InChI=1S/C20H21ClN2O2/c1-3-7-17(24)19-20(25)23(2)16-11-10-14(21)12-15(16)18(22-19)13-8-5-4-6-9-13/h4-6,8-12,17,19,24H,3,7H2,1-2H3. The summed E-state index contributed by atoms with van der Waals surface area (Å²) >= 11 is 6.21. The van der Waals surface area contributed by atoms with Crippen LogP contribution in [0, 0.1) is 0 Å². The highest BCUT2D eigenvalue weighted by molar-refractivity contribution is 6.32. The largest absolute Gasteiger partial charge is 0.390 e. The zero-order valence-corrected chi connectivity index (χ0v) is 15.1. The lowest BCUT2D eigenvalue weighted by Crippen LogP contribution is -2.41. The summed E-state index contributed by atoms with van der Waals surface area (Å²) in [6, 6.07) is 14.3. The Hall–Kier alpha value is -2.17. The van der Waals surface area contributed by atoms with Crippen molar-refractivity contribution in [1.82, 2.24) is 0 Å². The summed E-state index contributed by atoms with van der Waals surface area (Å²) in [4.78, 5) is 19.2. The van der Waals surface area contributed by atoms with Crippen LogP contribution in [0.1, 0.15) is 30.9 Å². The van der Waals surface area contributed by atoms with Crippen molar-refractivity contribution in [3.05, 3.63) is 64.7 Å². The lowest BCUT2D eigenvalue weighted by atomic mass is 10.00. The summed E-state index contributed by atoms with van der Waals surface area (Å²) in [5.74, 6) is -0.213. The van der Waals surface area contributed by atoms with Gasteiger partial charge in [-0.05, 0) is 24.6 Å². The van der Waals surface area contributed by atoms with Gasteiger partial charge in [-0.3, -0.25) is 9.79 Å². The van der Waals surface area contributed by atoms with Crippen molar-refractivity contribution in [2.24, 2.45) is 4.99 Å². The predicted octanol–water partition coefficient (Wildman–Crippen LogP) is 3.68. The van der Waals surface area contributed by atoms with Gasteiger partial charge in [0.1, 0.15) is 0 Å². The van der Waals surface area contributed by atoms with Crippen LogP contribution in [0.2, 0.25) is 5.02 Å². The average molecular weight is 357 g/mol. The second-order valence-electron chi connectivity index (χ2n) is 6.20. The molecule has 130 valence electrons. The maximum absolute atomic E-state index is 12.9. The van der Waals surface area contributed by atoms with E-state index >= 15 is 0 Å². The molecule has 1 heterocycles. The number of amides is 1. The highest BCUT2D eigenvalue weighted by Crippen LogP contribution is 2.31. The van der Waals surface area contributed by atoms with E-state index in [1.165, 1.54) is 0 Å². The predicted molar refractivity (Wildman–Crippen MR) is 102 cm³/mol. The molecule has 0 spiro atoms. The fraction of sp³-hybridized carbons (Fsp3) is 0.300. The molecule has 2 unspecified atom stereocenters. The number of hydrogen-bond acceptors (Lipinski definition) is 3. The second kappa shape index (κ2) is 7.38. The molecule has 0 aliphatic carbocycles. The van der Waals surface area contributed by atoms with E-state index in [0.29, 0.717) is 17.2 Å². The van der Waals surface area contributed by atoms with Crippen molar-refractivity contribution in [2.75, 3.05) is 11.9 Å². The quantitative estimate of drug-likeness (QED) is 0.908. The molecule has 5 heteroatoms. The smallest absolute Gasteiger partial charge is 0.254 e. The lowest BCUT2D eigenvalue weighted by molar-refractivity contribution is -0.121. The molecule has 4 nitrogen and oxygen atoms in total. The molecular weight excluding hydrogens is 336 g/mol. The Kier molecular flexibility index (Phi) is 5.21. The average Bonchev–Trinajstić information content (AvgIpc) is 2.72. The van der Waals surface area contributed by atoms with Gasteiger partial charge in [-0.25, -0.2) is 0 Å². The summed E-state index contributed by atoms with van der Waals surface area (Å²) in [7, 11) is 1.71. The van der Waals surface area contributed by atoms with Crippen LogP contribution in [0.4, 0.5) is 5.69 Å². The van der Waals surface area contributed by atoms with Gasteiger partial charge in [0.2, 0.25) is 0 Å². The number of carbonyl (C=O) groups is 1. The Morgan fingerprint density at radius 2 is 1.96 bits per heavy atom. The number of nitrogens with zero attached hydrogens (tertiary/aromatic N) is 2. The zero-order valence-electron chi connectivity index (χ0n) is 14.3. The van der Waals surface area contributed by atoms with Crippen LogP contribution >= 0.6 is 11.6 Å². The molecule has 1 amide bonds. The Morgan fingerprint density at radius 3 is 2.64 bits per heavy atom. The Labute approximate surface area is 152 Å². The minimum Gasteiger partial charge on any atom is -0.390 e. The van der Waals surface area contributed by atoms with Gasteiger partial charge in [-0.1, -0.05) is 55.3 Å². The third-order valence-electron chi connectivity index (χ3n) is 4.42. The number of hydrogen-bond donors (Lipinski definition) is 1. The van der Waals surface area contributed by atoms with E-state index in [2.05, 4.69) is 0 Å². The maximum Gasteiger partial charge on any atom is 0.254 e. The molecule has 0 saturated carbocycles. The van der Waals surface area contributed by atoms with Crippen molar-refractivity contribution in [2.45, 2.75) is 31.9 Å². The fourth-order valence-electron chi connectivity index (χ4n) is 3.10. The van der Waals surface area contributed by atoms with E-state index in [4.69, 9.17) is 16.6 Å². The third kappa shape index (κ3) is 3.46. The van der Waals surface area contributed by atoms with Crippen molar-refractivity contribution < 1.29 is 9.90 Å². The van der Waals surface area contributed by atoms with Crippen LogP contribution in [0.3, 0.4) is 0 Å². The first-order valence-corrected chi connectivity index (χ1v) is 8.79. The van der Waals surface area contributed by atoms with Crippen molar-refractivity contribution in [3.63, 3.8) is 0 Å². The molecule has 25 heavy (non-hydrogen) atoms. The SMILES string of the molecule is CCCC(O)C1N=C(c2ccccc2)c2cc(Cl)ccc2N(C)C1=O. The highest BCUT2D eigenvalue weighted by atomic mass is 35.5. The number of aliphatic hydroxyl groups is 1. The van der Waals surface area contributed by atoms with E-state index in [9.17, 15) is 9.90 Å². The first kappa shape index (κ1) is 17.6. The zero-order chi connectivity index (χ0) is 18.0. The molecule has 0 aromatic heterocycles. The van der Waals surface area contributed by atoms with Crippen LogP contribution < -0.4 is 4.90 Å². The number of carbonyl (C=O) groups excluding carboxylic acids is 1. The molecule has 0 fully saturated rings. The van der Waals surface area contributed by atoms with Gasteiger partial charge >= 0.3 is 0 Å². The molecule has 0 saturated heterocycles. The van der Waals surface area contributed by atoms with Crippen molar-refractivity contribution >= 4 is 28.9 Å². The van der Waals surface area contributed by atoms with Gasteiger partial charge in [0.25, 0.3) is 5.91 Å². The number of benzodiazepines with no additional fused rings is 1. The first-order valence-electron chi connectivity index (χ1n) is 8.41. The maximum atomic E-state index is 12.9. The molecule has 1 N–H and O–H groups in total. The normalized spacial score (nSPS) is 18.4. The Morgan fingerprint density at radius 1 is 1.24 bits per heavy atom. The summed E-state index contributed by atoms with van der Waals surface area (Å²) in [6.45, 7) is 1.98. The molecule has 1 aliphatic heterocycles. The van der Waals surface area contributed by atoms with Crippen LogP contribution in [0.25, 0.3) is 0 Å². The van der Waals surface area contributed by atoms with Crippen LogP contribution in [0.15, 0.2) is 53.5 Å². The number of halogens is 1. The van der Waals surface area contributed by atoms with E-state index in [1.807, 2.05) is 49.4 Å². The van der Waals surface area contributed by atoms with E-state index in [-0.39, 0.29) is 5.91 Å². The minimum absolute atomic E-state index is 0.213. The fourth-order valence-corrected chi connectivity index (χ4v) is 3.27. The third-order valence-corrected chi connectivity index (χ3v) is 4.66. The molecule has 0 radical (unpaired) electrons. The molecule has 2 atom stereocenters. The van der Waals surface area contributed by atoms with E-state index in [0.717, 1.165) is 23.2 Å². The number of aliphatic hydroxyl groups excluding tert-OH is 1. The molecule has 3 rings (SSSR count). The summed E-state index contributed by atoms with van der Waals surface area (Å²) < 4.78 is 0. The van der Waals surface area contributed by atoms with Gasteiger partial charge < -0.3 is 10.0 Å². The number of likely N-dealkylation sites (N-methyl/N-ethyl adjacent to an activating group) is 1. The Balaban J connectivity index is 2.22. The summed E-state index contributed by atoms with van der Waals surface area (Å²) in [5.41, 5.74) is 3.10. The molecule has 2 aromatic rings. The molecular formula is C20H21ClN2O2. The van der Waals surface area contributed by atoms with E-state index in [1.54, 1.807) is 18.0 Å². The summed E-state index contributed by atoms with van der Waals surface area (Å²) in [6.07, 6.45) is 0.486. The Bertz CT molecular complexity index is 805. The highest BCUT2D eigenvalue weighted by Gasteiger charge is 2.34. The number of benzene rings is 2. The molecule has 0 bridgehead atoms. The number of aliphatic imine (C=N–C) groups is 1. The van der Waals surface area contributed by atoms with Gasteiger partial charge in [0, 0.05) is 23.2 Å². The van der Waals surface area contributed by atoms with Gasteiger partial charge in [-0.2, -0.15) is 0 Å². The summed E-state index contributed by atoms with van der Waals surface area (Å²) in [5, 5.41) is 11.1. The van der Waals surface area contributed by atoms with Gasteiger partial charge in [-0.15, -0.1) is 0 Å². The van der Waals surface area contributed by atoms with Crippen molar-refractivity contribution in [3.8, 4) is 0 Å². The topological polar surface area (TPSA) is 52.9 Å². The monoisotopic (exact) mass is 356 g/mol. The first-order chi connectivity index (χ1) is 12.0. The number of rotatable bonds is 4. The number of anilines is 1. The van der Waals surface area contributed by atoms with Gasteiger partial charge in [0.05, 0.1) is 17.5 Å².